The van der Waals surface area contributed by atoms with Gasteiger partial charge in [0.15, 0.2) is 0 Å². The number of benzene rings is 1. The van der Waals surface area contributed by atoms with Gasteiger partial charge in [-0.3, -0.25) is 4.79 Å². The Hall–Kier alpha value is -2.11. The van der Waals surface area contributed by atoms with Crippen molar-refractivity contribution in [3.05, 3.63) is 35.1 Å². The predicted molar refractivity (Wildman–Crippen MR) is 84.7 cm³/mol. The maximum Gasteiger partial charge on any atom is 0.410 e. The molecule has 1 aromatic rings. The van der Waals surface area contributed by atoms with Gasteiger partial charge in [0.1, 0.15) is 11.4 Å². The summed E-state index contributed by atoms with van der Waals surface area (Å²) in [5.41, 5.74) is 5.52. The van der Waals surface area contributed by atoms with E-state index >= 15 is 0 Å². The molecule has 0 saturated carbocycles. The summed E-state index contributed by atoms with van der Waals surface area (Å²) in [6, 6.07) is 4.13. The highest BCUT2D eigenvalue weighted by Crippen LogP contribution is 2.29. The number of carbonyl (C=O) groups is 2. The molecule has 1 saturated heterocycles. The average Bonchev–Trinajstić information content (AvgIpc) is 2.45. The van der Waals surface area contributed by atoms with Crippen LogP contribution in [0.5, 0.6) is 0 Å². The fraction of sp³-hybridized carbons (Fsp3) is 0.529. The number of amides is 2. The second-order valence-corrected chi connectivity index (χ2v) is 6.90. The lowest BCUT2D eigenvalue weighted by molar-refractivity contribution is 0.0198. The predicted octanol–water partition coefficient (Wildman–Crippen LogP) is 3.04. The Morgan fingerprint density at radius 2 is 2.00 bits per heavy atom. The van der Waals surface area contributed by atoms with Gasteiger partial charge in [-0.15, -0.1) is 0 Å². The second kappa shape index (κ2) is 6.56. The third kappa shape index (κ3) is 4.68. The van der Waals surface area contributed by atoms with Crippen LogP contribution in [-0.4, -0.2) is 35.6 Å². The summed E-state index contributed by atoms with van der Waals surface area (Å²) < 4.78 is 19.1. The molecule has 2 N–H and O–H groups in total. The third-order valence-corrected chi connectivity index (χ3v) is 3.75. The van der Waals surface area contributed by atoms with Gasteiger partial charge in [-0.1, -0.05) is 0 Å². The molecule has 1 aromatic carbocycles. The number of nitrogens with two attached hydrogens (primary N) is 1. The maximum atomic E-state index is 13.7. The van der Waals surface area contributed by atoms with Gasteiger partial charge in [0, 0.05) is 24.6 Å². The summed E-state index contributed by atoms with van der Waals surface area (Å²) >= 11 is 0. The van der Waals surface area contributed by atoms with Crippen LogP contribution in [0, 0.1) is 5.82 Å². The zero-order valence-corrected chi connectivity index (χ0v) is 13.8. The van der Waals surface area contributed by atoms with E-state index in [0.29, 0.717) is 18.7 Å². The number of hydrogen-bond acceptors (Lipinski definition) is 3. The zero-order chi connectivity index (χ0) is 17.2. The topological polar surface area (TPSA) is 72.6 Å². The normalized spacial score (nSPS) is 18.6. The van der Waals surface area contributed by atoms with E-state index in [4.69, 9.17) is 10.5 Å². The number of nitrogens with zero attached hydrogens (tertiary/aromatic N) is 1. The van der Waals surface area contributed by atoms with Crippen molar-refractivity contribution in [3.8, 4) is 0 Å². The number of carbonyl (C=O) groups excluding carboxylic acids is 2. The number of hydrogen-bond donors (Lipinski definition) is 1. The Labute approximate surface area is 135 Å². The van der Waals surface area contributed by atoms with Crippen LogP contribution < -0.4 is 5.73 Å². The molecule has 1 unspecified atom stereocenters. The minimum Gasteiger partial charge on any atom is -0.444 e. The van der Waals surface area contributed by atoms with E-state index < -0.39 is 17.3 Å². The van der Waals surface area contributed by atoms with Crippen molar-refractivity contribution in [1.29, 1.82) is 0 Å². The van der Waals surface area contributed by atoms with Crippen molar-refractivity contribution in [2.24, 2.45) is 5.73 Å². The SMILES string of the molecule is CC(C)(C)OC(=O)N1CCCC(c2cc(F)cc(C(N)=O)c2)C1. The van der Waals surface area contributed by atoms with Gasteiger partial charge < -0.3 is 15.4 Å². The van der Waals surface area contributed by atoms with Crippen LogP contribution in [0.15, 0.2) is 18.2 Å². The first-order valence-electron chi connectivity index (χ1n) is 7.74. The van der Waals surface area contributed by atoms with Crippen LogP contribution in [0.25, 0.3) is 0 Å². The molecule has 0 radical (unpaired) electrons. The van der Waals surface area contributed by atoms with Gasteiger partial charge in [-0.25, -0.2) is 9.18 Å². The summed E-state index contributed by atoms with van der Waals surface area (Å²) in [6.07, 6.45) is 1.25. The molecule has 0 aliphatic carbocycles. The van der Waals surface area contributed by atoms with Crippen molar-refractivity contribution in [2.75, 3.05) is 13.1 Å². The van der Waals surface area contributed by atoms with E-state index in [2.05, 4.69) is 0 Å². The smallest absolute Gasteiger partial charge is 0.410 e. The van der Waals surface area contributed by atoms with Gasteiger partial charge >= 0.3 is 6.09 Å². The van der Waals surface area contributed by atoms with Crippen LogP contribution in [0.4, 0.5) is 9.18 Å². The van der Waals surface area contributed by atoms with Crippen molar-refractivity contribution in [1.82, 2.24) is 4.90 Å². The first-order chi connectivity index (χ1) is 10.7. The Morgan fingerprint density at radius 3 is 2.61 bits per heavy atom. The van der Waals surface area contributed by atoms with E-state index in [9.17, 15) is 14.0 Å². The molecule has 1 atom stereocenters. The standard InChI is InChI=1S/C17H23FN2O3/c1-17(2,3)23-16(22)20-6-4-5-11(10-20)12-7-13(15(19)21)9-14(18)8-12/h7-9,11H,4-6,10H2,1-3H3,(H2,19,21). The number of halogens is 1. The molecule has 6 heteroatoms. The second-order valence-electron chi connectivity index (χ2n) is 6.90. The minimum absolute atomic E-state index is 0.0370. The van der Waals surface area contributed by atoms with Gasteiger partial charge in [0.05, 0.1) is 0 Å². The summed E-state index contributed by atoms with van der Waals surface area (Å²) in [5, 5.41) is 0. The van der Waals surface area contributed by atoms with E-state index in [1.54, 1.807) is 11.0 Å². The molecule has 1 heterocycles. The molecular formula is C17H23FN2O3. The Morgan fingerprint density at radius 1 is 1.30 bits per heavy atom. The molecule has 1 aliphatic heterocycles. The number of primary amides is 1. The number of ether oxygens (including phenoxy) is 1. The van der Waals surface area contributed by atoms with Gasteiger partial charge in [0.25, 0.3) is 0 Å². The molecule has 5 nitrogen and oxygen atoms in total. The third-order valence-electron chi connectivity index (χ3n) is 3.75. The summed E-state index contributed by atoms with van der Waals surface area (Å²) in [7, 11) is 0. The summed E-state index contributed by atoms with van der Waals surface area (Å²) in [4.78, 5) is 25.1. The van der Waals surface area contributed by atoms with Crippen molar-refractivity contribution >= 4 is 12.0 Å². The largest absolute Gasteiger partial charge is 0.444 e. The van der Waals surface area contributed by atoms with Gasteiger partial charge in [-0.05, 0) is 57.4 Å². The Balaban J connectivity index is 2.15. The molecule has 126 valence electrons. The number of rotatable bonds is 2. The van der Waals surface area contributed by atoms with Crippen LogP contribution in [-0.2, 0) is 4.74 Å². The van der Waals surface area contributed by atoms with Crippen LogP contribution in [0.1, 0.15) is 55.5 Å². The van der Waals surface area contributed by atoms with Crippen LogP contribution in [0.3, 0.4) is 0 Å². The van der Waals surface area contributed by atoms with E-state index in [1.165, 1.54) is 6.07 Å². The molecule has 2 amide bonds. The fourth-order valence-electron chi connectivity index (χ4n) is 2.73. The van der Waals surface area contributed by atoms with Crippen molar-refractivity contribution in [3.63, 3.8) is 0 Å². The van der Waals surface area contributed by atoms with Crippen LogP contribution in [0.2, 0.25) is 0 Å². The first-order valence-corrected chi connectivity index (χ1v) is 7.74. The van der Waals surface area contributed by atoms with Crippen molar-refractivity contribution < 1.29 is 18.7 Å². The van der Waals surface area contributed by atoms with Gasteiger partial charge in [-0.2, -0.15) is 0 Å². The molecule has 23 heavy (non-hydrogen) atoms. The molecule has 0 aromatic heterocycles. The van der Waals surface area contributed by atoms with Crippen molar-refractivity contribution in [2.45, 2.75) is 45.1 Å². The molecule has 1 aliphatic rings. The molecular weight excluding hydrogens is 299 g/mol. The Bertz CT molecular complexity index is 610. The highest BCUT2D eigenvalue weighted by molar-refractivity contribution is 5.93. The Kier molecular flexibility index (Phi) is 4.92. The summed E-state index contributed by atoms with van der Waals surface area (Å²) in [6.45, 7) is 6.51. The highest BCUT2D eigenvalue weighted by atomic mass is 19.1. The molecule has 0 spiro atoms. The lowest BCUT2D eigenvalue weighted by Gasteiger charge is -2.34. The zero-order valence-electron chi connectivity index (χ0n) is 13.8. The summed E-state index contributed by atoms with van der Waals surface area (Å²) in [5.74, 6) is -1.19. The van der Waals surface area contributed by atoms with E-state index in [1.807, 2.05) is 20.8 Å². The van der Waals surface area contributed by atoms with E-state index in [0.717, 1.165) is 18.9 Å². The lowest BCUT2D eigenvalue weighted by Crippen LogP contribution is -2.42. The number of likely N-dealkylation sites (tertiary alicyclic amines) is 1. The van der Waals surface area contributed by atoms with E-state index in [-0.39, 0.29) is 17.6 Å². The fourth-order valence-corrected chi connectivity index (χ4v) is 2.73. The molecule has 0 bridgehead atoms. The minimum atomic E-state index is -0.662. The number of piperidine rings is 1. The quantitative estimate of drug-likeness (QED) is 0.909. The molecule has 2 rings (SSSR count). The first kappa shape index (κ1) is 17.2. The molecule has 1 fully saturated rings. The average molecular weight is 322 g/mol. The highest BCUT2D eigenvalue weighted by Gasteiger charge is 2.28. The monoisotopic (exact) mass is 322 g/mol. The maximum absolute atomic E-state index is 13.7. The van der Waals surface area contributed by atoms with Gasteiger partial charge in [0.2, 0.25) is 5.91 Å². The van der Waals surface area contributed by atoms with Crippen LogP contribution >= 0.6 is 0 Å². The lowest BCUT2D eigenvalue weighted by atomic mass is 9.89.